The predicted octanol–water partition coefficient (Wildman–Crippen LogP) is 3.46. The van der Waals surface area contributed by atoms with Gasteiger partial charge in [-0.2, -0.15) is 11.8 Å². The number of hydrogen-bond donors (Lipinski definition) is 1. The summed E-state index contributed by atoms with van der Waals surface area (Å²) in [5.74, 6) is 2.00. The summed E-state index contributed by atoms with van der Waals surface area (Å²) in [4.78, 5) is 11.2. The van der Waals surface area contributed by atoms with Crippen LogP contribution in [0.2, 0.25) is 0 Å². The topological polar surface area (TPSA) is 59.8 Å². The van der Waals surface area contributed by atoms with Gasteiger partial charge in [0.2, 0.25) is 5.91 Å². The van der Waals surface area contributed by atoms with E-state index in [1.54, 1.807) is 18.1 Å². The van der Waals surface area contributed by atoms with Crippen molar-refractivity contribution in [1.82, 2.24) is 14.8 Å². The number of aromatic nitrogens is 3. The lowest BCUT2D eigenvalue weighted by molar-refractivity contribution is -0.114. The van der Waals surface area contributed by atoms with Crippen LogP contribution in [0.1, 0.15) is 20.8 Å². The molecule has 2 aromatic rings. The predicted molar refractivity (Wildman–Crippen MR) is 94.0 cm³/mol. The summed E-state index contributed by atoms with van der Waals surface area (Å²) in [6.07, 6.45) is 1.70. The number of benzene rings is 1. The second-order valence-corrected chi connectivity index (χ2v) is 7.73. The van der Waals surface area contributed by atoms with E-state index in [-0.39, 0.29) is 5.91 Å². The van der Waals surface area contributed by atoms with Gasteiger partial charge in [-0.1, -0.05) is 31.7 Å². The highest BCUT2D eigenvalue weighted by Gasteiger charge is 2.08. The van der Waals surface area contributed by atoms with E-state index in [0.717, 1.165) is 28.0 Å². The van der Waals surface area contributed by atoms with Crippen molar-refractivity contribution in [2.24, 2.45) is 0 Å². The van der Waals surface area contributed by atoms with E-state index >= 15 is 0 Å². The van der Waals surface area contributed by atoms with E-state index in [0.29, 0.717) is 5.25 Å². The summed E-state index contributed by atoms with van der Waals surface area (Å²) in [5.41, 5.74) is 1.71. The molecule has 1 heterocycles. The Morgan fingerprint density at radius 1 is 1.36 bits per heavy atom. The highest BCUT2D eigenvalue weighted by molar-refractivity contribution is 8.03. The van der Waals surface area contributed by atoms with Gasteiger partial charge in [0.25, 0.3) is 0 Å². The van der Waals surface area contributed by atoms with Crippen LogP contribution in [0.25, 0.3) is 5.69 Å². The van der Waals surface area contributed by atoms with Crippen molar-refractivity contribution in [2.45, 2.75) is 31.2 Å². The van der Waals surface area contributed by atoms with Gasteiger partial charge in [0.1, 0.15) is 6.33 Å². The van der Waals surface area contributed by atoms with Crippen LogP contribution >= 0.6 is 23.5 Å². The highest BCUT2D eigenvalue weighted by atomic mass is 32.2. The Morgan fingerprint density at radius 3 is 2.91 bits per heavy atom. The maximum Gasteiger partial charge on any atom is 0.221 e. The molecule has 0 unspecified atom stereocenters. The lowest BCUT2D eigenvalue weighted by Crippen LogP contribution is -2.06. The van der Waals surface area contributed by atoms with Gasteiger partial charge in [-0.15, -0.1) is 10.2 Å². The van der Waals surface area contributed by atoms with Crippen molar-refractivity contribution in [1.29, 1.82) is 0 Å². The minimum Gasteiger partial charge on any atom is -0.326 e. The maximum atomic E-state index is 11.2. The highest BCUT2D eigenvalue weighted by Crippen LogP contribution is 2.23. The Labute approximate surface area is 139 Å². The van der Waals surface area contributed by atoms with Crippen LogP contribution in [-0.2, 0) is 4.79 Å². The van der Waals surface area contributed by atoms with E-state index in [1.165, 1.54) is 6.92 Å². The number of nitrogens with one attached hydrogen (secondary N) is 1. The molecule has 0 fully saturated rings. The second kappa shape index (κ2) is 8.24. The first-order chi connectivity index (χ1) is 10.6. The first kappa shape index (κ1) is 16.9. The minimum atomic E-state index is -0.0822. The van der Waals surface area contributed by atoms with E-state index in [4.69, 9.17) is 0 Å². The average Bonchev–Trinajstić information content (AvgIpc) is 2.91. The van der Waals surface area contributed by atoms with Crippen molar-refractivity contribution in [3.8, 4) is 5.69 Å². The zero-order chi connectivity index (χ0) is 15.9. The van der Waals surface area contributed by atoms with Gasteiger partial charge in [0, 0.05) is 24.1 Å². The Bertz CT molecular complexity index is 628. The second-order valence-electron chi connectivity index (χ2n) is 4.98. The van der Waals surface area contributed by atoms with E-state index in [2.05, 4.69) is 29.4 Å². The van der Waals surface area contributed by atoms with Crippen LogP contribution in [0.5, 0.6) is 0 Å². The Morgan fingerprint density at radius 2 is 2.18 bits per heavy atom. The lowest BCUT2D eigenvalue weighted by atomic mass is 10.2. The molecule has 5 nitrogen and oxygen atoms in total. The zero-order valence-corrected chi connectivity index (χ0v) is 14.6. The summed E-state index contributed by atoms with van der Waals surface area (Å²) in [5, 5.41) is 12.5. The molecule has 0 saturated heterocycles. The molecule has 0 aliphatic heterocycles. The zero-order valence-electron chi connectivity index (χ0n) is 12.9. The molecule has 0 spiro atoms. The Balaban J connectivity index is 2.06. The first-order valence-electron chi connectivity index (χ1n) is 7.08. The van der Waals surface area contributed by atoms with Crippen molar-refractivity contribution >= 4 is 35.1 Å². The summed E-state index contributed by atoms with van der Waals surface area (Å²) < 4.78 is 1.94. The number of carbonyl (C=O) groups excluding carboxylic acids is 1. The normalized spacial score (nSPS) is 10.9. The number of rotatable bonds is 7. The largest absolute Gasteiger partial charge is 0.326 e. The Hall–Kier alpha value is -1.47. The molecule has 2 rings (SSSR count). The summed E-state index contributed by atoms with van der Waals surface area (Å²) in [7, 11) is 0. The van der Waals surface area contributed by atoms with Crippen LogP contribution in [0.4, 0.5) is 5.69 Å². The average molecular weight is 336 g/mol. The van der Waals surface area contributed by atoms with Crippen molar-refractivity contribution in [2.75, 3.05) is 16.8 Å². The quantitative estimate of drug-likeness (QED) is 0.620. The van der Waals surface area contributed by atoms with E-state index < -0.39 is 0 Å². The van der Waals surface area contributed by atoms with Gasteiger partial charge in [-0.05, 0) is 23.4 Å². The van der Waals surface area contributed by atoms with Crippen LogP contribution in [0.3, 0.4) is 0 Å². The SMILES string of the molecule is CC(=O)Nc1cccc(-n2cnnc2SCCSC(C)C)c1. The van der Waals surface area contributed by atoms with Gasteiger partial charge in [-0.3, -0.25) is 9.36 Å². The fraction of sp³-hybridized carbons (Fsp3) is 0.400. The monoisotopic (exact) mass is 336 g/mol. The first-order valence-corrected chi connectivity index (χ1v) is 9.12. The molecule has 0 aliphatic carbocycles. The smallest absolute Gasteiger partial charge is 0.221 e. The third kappa shape index (κ3) is 5.06. The van der Waals surface area contributed by atoms with Crippen molar-refractivity contribution < 1.29 is 4.79 Å². The molecule has 0 bridgehead atoms. The van der Waals surface area contributed by atoms with Crippen LogP contribution in [0, 0.1) is 0 Å². The number of anilines is 1. The fourth-order valence-electron chi connectivity index (χ4n) is 1.85. The molecule has 1 aromatic heterocycles. The molecular formula is C15H20N4OS2. The molecule has 7 heteroatoms. The fourth-order valence-corrected chi connectivity index (χ4v) is 3.62. The number of carbonyl (C=O) groups is 1. The maximum absolute atomic E-state index is 11.2. The van der Waals surface area contributed by atoms with Gasteiger partial charge in [0.15, 0.2) is 5.16 Å². The van der Waals surface area contributed by atoms with Gasteiger partial charge < -0.3 is 5.32 Å². The van der Waals surface area contributed by atoms with E-state index in [9.17, 15) is 4.79 Å². The molecule has 118 valence electrons. The standard InChI is InChI=1S/C15H20N4OS2/c1-11(2)21-7-8-22-15-18-16-10-19(15)14-6-4-5-13(9-14)17-12(3)20/h4-6,9-11H,7-8H2,1-3H3,(H,17,20). The number of amides is 1. The molecular weight excluding hydrogens is 316 g/mol. The molecule has 22 heavy (non-hydrogen) atoms. The Kier molecular flexibility index (Phi) is 6.33. The summed E-state index contributed by atoms with van der Waals surface area (Å²) >= 11 is 3.63. The van der Waals surface area contributed by atoms with Crippen molar-refractivity contribution in [3.05, 3.63) is 30.6 Å². The molecule has 0 saturated carbocycles. The summed E-state index contributed by atoms with van der Waals surface area (Å²) in [6, 6.07) is 7.66. The number of hydrogen-bond acceptors (Lipinski definition) is 5. The molecule has 1 amide bonds. The van der Waals surface area contributed by atoms with Gasteiger partial charge in [-0.25, -0.2) is 0 Å². The van der Waals surface area contributed by atoms with Crippen molar-refractivity contribution in [3.63, 3.8) is 0 Å². The van der Waals surface area contributed by atoms with Gasteiger partial charge >= 0.3 is 0 Å². The van der Waals surface area contributed by atoms with Crippen LogP contribution < -0.4 is 5.32 Å². The number of thioether (sulfide) groups is 2. The third-order valence-electron chi connectivity index (χ3n) is 2.73. The molecule has 0 atom stereocenters. The van der Waals surface area contributed by atoms with Crippen LogP contribution in [0.15, 0.2) is 35.7 Å². The molecule has 1 N–H and O–H groups in total. The van der Waals surface area contributed by atoms with Crippen LogP contribution in [-0.4, -0.2) is 37.4 Å². The summed E-state index contributed by atoms with van der Waals surface area (Å²) in [6.45, 7) is 5.90. The van der Waals surface area contributed by atoms with E-state index in [1.807, 2.05) is 40.6 Å². The molecule has 1 aromatic carbocycles. The molecule has 0 radical (unpaired) electrons. The lowest BCUT2D eigenvalue weighted by Gasteiger charge is -2.09. The number of nitrogens with zero attached hydrogens (tertiary/aromatic N) is 3. The third-order valence-corrected chi connectivity index (χ3v) is 5.04. The molecule has 0 aliphatic rings. The van der Waals surface area contributed by atoms with Gasteiger partial charge in [0.05, 0.1) is 5.69 Å². The minimum absolute atomic E-state index is 0.0822.